The zero-order valence-electron chi connectivity index (χ0n) is 15.4. The molecule has 0 saturated heterocycles. The van der Waals surface area contributed by atoms with E-state index in [1.807, 2.05) is 37.3 Å². The van der Waals surface area contributed by atoms with Gasteiger partial charge in [-0.25, -0.2) is 13.1 Å². The van der Waals surface area contributed by atoms with E-state index in [-0.39, 0.29) is 23.2 Å². The molecular weight excluding hydrogens is 386 g/mol. The van der Waals surface area contributed by atoms with Crippen LogP contribution in [0.2, 0.25) is 0 Å². The number of rotatable bonds is 8. The van der Waals surface area contributed by atoms with Crippen molar-refractivity contribution in [2.45, 2.75) is 31.2 Å². The Morgan fingerprint density at radius 1 is 1.07 bits per heavy atom. The van der Waals surface area contributed by atoms with E-state index in [2.05, 4.69) is 10.0 Å². The van der Waals surface area contributed by atoms with Crippen LogP contribution in [0.1, 0.15) is 31.9 Å². The van der Waals surface area contributed by atoms with Crippen LogP contribution in [-0.2, 0) is 14.8 Å². The van der Waals surface area contributed by atoms with Crippen LogP contribution >= 0.6 is 12.4 Å². The van der Waals surface area contributed by atoms with Gasteiger partial charge in [-0.15, -0.1) is 12.4 Å². The zero-order chi connectivity index (χ0) is 19.2. The first-order valence-corrected chi connectivity index (χ1v) is 10.0. The van der Waals surface area contributed by atoms with Crippen molar-refractivity contribution in [3.63, 3.8) is 0 Å². The van der Waals surface area contributed by atoms with Gasteiger partial charge >= 0.3 is 0 Å². The number of amides is 1. The molecule has 8 heteroatoms. The molecule has 2 rings (SSSR count). The molecule has 2 aromatic carbocycles. The Bertz CT molecular complexity index is 827. The van der Waals surface area contributed by atoms with Crippen LogP contribution in [0.25, 0.3) is 0 Å². The van der Waals surface area contributed by atoms with Crippen LogP contribution < -0.4 is 15.8 Å². The summed E-state index contributed by atoms with van der Waals surface area (Å²) in [6.45, 7) is 4.04. The molecule has 0 fully saturated rings. The van der Waals surface area contributed by atoms with Crippen molar-refractivity contribution in [1.29, 1.82) is 0 Å². The van der Waals surface area contributed by atoms with Gasteiger partial charge in [-0.2, -0.15) is 0 Å². The van der Waals surface area contributed by atoms with Crippen molar-refractivity contribution < 1.29 is 13.2 Å². The van der Waals surface area contributed by atoms with E-state index in [0.717, 1.165) is 5.56 Å². The summed E-state index contributed by atoms with van der Waals surface area (Å²) in [5.41, 5.74) is 7.58. The predicted molar refractivity (Wildman–Crippen MR) is 110 cm³/mol. The Balaban J connectivity index is 0.00000364. The quantitative estimate of drug-likeness (QED) is 0.621. The first kappa shape index (κ1) is 23.1. The number of hydrogen-bond acceptors (Lipinski definition) is 4. The van der Waals surface area contributed by atoms with E-state index in [4.69, 9.17) is 5.73 Å². The number of nitrogens with two attached hydrogens (primary N) is 1. The Hall–Kier alpha value is -1.93. The number of anilines is 1. The van der Waals surface area contributed by atoms with E-state index < -0.39 is 22.0 Å². The maximum Gasteiger partial charge on any atom is 0.240 e. The zero-order valence-corrected chi connectivity index (χ0v) is 17.0. The highest BCUT2D eigenvalue weighted by Crippen LogP contribution is 2.21. The maximum atomic E-state index is 12.4. The molecule has 2 unspecified atom stereocenters. The number of hydrogen-bond donors (Lipinski definition) is 3. The number of benzene rings is 2. The lowest BCUT2D eigenvalue weighted by molar-refractivity contribution is -0.120. The van der Waals surface area contributed by atoms with Crippen molar-refractivity contribution in [1.82, 2.24) is 4.72 Å². The molecule has 1 amide bonds. The number of carbonyl (C=O) groups is 1. The molecule has 2 aromatic rings. The first-order valence-electron chi connectivity index (χ1n) is 8.56. The van der Waals surface area contributed by atoms with Gasteiger partial charge in [-0.1, -0.05) is 44.2 Å². The van der Waals surface area contributed by atoms with E-state index >= 15 is 0 Å². The molecule has 0 aliphatic carbocycles. The van der Waals surface area contributed by atoms with Crippen LogP contribution in [0.5, 0.6) is 0 Å². The standard InChI is InChI=1S/C19H25N3O3S.ClH/c1-3-13-21-26(24,25)17-11-9-16(10-12-17)22-19(23)14(2)18(20)15-7-5-4-6-8-15;/h4-12,14,18,21H,3,13,20H2,1-2H3,(H,22,23);1H. The summed E-state index contributed by atoms with van der Waals surface area (Å²) < 4.78 is 26.6. The maximum absolute atomic E-state index is 12.4. The average Bonchev–Trinajstić information content (AvgIpc) is 2.66. The van der Waals surface area contributed by atoms with Crippen LogP contribution in [0.4, 0.5) is 5.69 Å². The Labute approximate surface area is 167 Å². The monoisotopic (exact) mass is 411 g/mol. The van der Waals surface area contributed by atoms with Crippen molar-refractivity contribution in [3.05, 3.63) is 60.2 Å². The summed E-state index contributed by atoms with van der Waals surface area (Å²) >= 11 is 0. The van der Waals surface area contributed by atoms with Crippen molar-refractivity contribution in [2.75, 3.05) is 11.9 Å². The molecule has 0 saturated carbocycles. The van der Waals surface area contributed by atoms with E-state index in [9.17, 15) is 13.2 Å². The van der Waals surface area contributed by atoms with Crippen LogP contribution in [0.3, 0.4) is 0 Å². The molecule has 27 heavy (non-hydrogen) atoms. The van der Waals surface area contributed by atoms with Crippen molar-refractivity contribution >= 4 is 34.0 Å². The summed E-state index contributed by atoms with van der Waals surface area (Å²) in [7, 11) is -3.52. The Morgan fingerprint density at radius 2 is 1.67 bits per heavy atom. The van der Waals surface area contributed by atoms with E-state index in [0.29, 0.717) is 18.7 Å². The summed E-state index contributed by atoms with van der Waals surface area (Å²) in [5.74, 6) is -0.659. The van der Waals surface area contributed by atoms with Gasteiger partial charge in [0.1, 0.15) is 0 Å². The molecule has 0 aliphatic heterocycles. The van der Waals surface area contributed by atoms with Crippen molar-refractivity contribution in [3.8, 4) is 0 Å². The normalized spacial score (nSPS) is 13.3. The molecule has 0 aromatic heterocycles. The second-order valence-electron chi connectivity index (χ2n) is 6.14. The van der Waals surface area contributed by atoms with E-state index in [1.165, 1.54) is 12.1 Å². The molecule has 6 nitrogen and oxygen atoms in total. The van der Waals surface area contributed by atoms with Crippen LogP contribution in [0.15, 0.2) is 59.5 Å². The van der Waals surface area contributed by atoms with Gasteiger partial charge < -0.3 is 11.1 Å². The van der Waals surface area contributed by atoms with Crippen LogP contribution in [-0.4, -0.2) is 20.9 Å². The molecular formula is C19H26ClN3O3S. The third-order valence-electron chi connectivity index (χ3n) is 4.11. The fourth-order valence-corrected chi connectivity index (χ4v) is 3.55. The molecule has 148 valence electrons. The molecule has 0 bridgehead atoms. The fourth-order valence-electron chi connectivity index (χ4n) is 2.42. The highest BCUT2D eigenvalue weighted by Gasteiger charge is 2.22. The highest BCUT2D eigenvalue weighted by atomic mass is 35.5. The minimum atomic E-state index is -3.52. The SMILES string of the molecule is CCCNS(=O)(=O)c1ccc(NC(=O)C(C)C(N)c2ccccc2)cc1.Cl. The van der Waals surface area contributed by atoms with Gasteiger partial charge in [-0.3, -0.25) is 4.79 Å². The molecule has 4 N–H and O–H groups in total. The van der Waals surface area contributed by atoms with Gasteiger partial charge in [0.2, 0.25) is 15.9 Å². The molecule has 0 heterocycles. The second-order valence-corrected chi connectivity index (χ2v) is 7.90. The molecule has 0 radical (unpaired) electrons. The molecule has 0 spiro atoms. The number of sulfonamides is 1. The van der Waals surface area contributed by atoms with Gasteiger partial charge in [0.15, 0.2) is 0 Å². The Kier molecular flexibility index (Phi) is 8.92. The summed E-state index contributed by atoms with van der Waals surface area (Å²) in [4.78, 5) is 12.6. The minimum absolute atomic E-state index is 0. The third kappa shape index (κ3) is 6.32. The smallest absolute Gasteiger partial charge is 0.240 e. The summed E-state index contributed by atoms with van der Waals surface area (Å²) in [5, 5.41) is 2.78. The van der Waals surface area contributed by atoms with Gasteiger partial charge in [0.25, 0.3) is 0 Å². The van der Waals surface area contributed by atoms with Gasteiger partial charge in [0.05, 0.1) is 10.8 Å². The summed E-state index contributed by atoms with van der Waals surface area (Å²) in [6, 6.07) is 15.1. The highest BCUT2D eigenvalue weighted by molar-refractivity contribution is 7.89. The minimum Gasteiger partial charge on any atom is -0.326 e. The van der Waals surface area contributed by atoms with E-state index in [1.54, 1.807) is 19.1 Å². The number of halogens is 1. The predicted octanol–water partition coefficient (Wildman–Crippen LogP) is 3.07. The number of nitrogens with one attached hydrogen (secondary N) is 2. The fraction of sp³-hybridized carbons (Fsp3) is 0.316. The molecule has 2 atom stereocenters. The first-order chi connectivity index (χ1) is 12.3. The average molecular weight is 412 g/mol. The lowest BCUT2D eigenvalue weighted by atomic mass is 9.94. The summed E-state index contributed by atoms with van der Waals surface area (Å²) in [6.07, 6.45) is 0.715. The van der Waals surface area contributed by atoms with Crippen molar-refractivity contribution in [2.24, 2.45) is 11.7 Å². The lowest BCUT2D eigenvalue weighted by Crippen LogP contribution is -2.30. The van der Waals surface area contributed by atoms with Gasteiger partial charge in [0, 0.05) is 18.3 Å². The van der Waals surface area contributed by atoms with Crippen LogP contribution in [0, 0.1) is 5.92 Å². The molecule has 0 aliphatic rings. The van der Waals surface area contributed by atoms with Gasteiger partial charge in [-0.05, 0) is 36.2 Å². The second kappa shape index (κ2) is 10.4. The largest absolute Gasteiger partial charge is 0.326 e. The third-order valence-corrected chi connectivity index (χ3v) is 5.59. The lowest BCUT2D eigenvalue weighted by Gasteiger charge is -2.20. The Morgan fingerprint density at radius 3 is 2.22 bits per heavy atom. The number of carbonyl (C=O) groups excluding carboxylic acids is 1. The topological polar surface area (TPSA) is 101 Å².